The molecular weight excluding hydrogens is 478 g/mol. The maximum Gasteiger partial charge on any atom is 0.276 e. The van der Waals surface area contributed by atoms with Crippen LogP contribution in [0.2, 0.25) is 0 Å². The third kappa shape index (κ3) is 4.74. The molecule has 194 valence electrons. The van der Waals surface area contributed by atoms with E-state index in [2.05, 4.69) is 62.1 Å². The first kappa shape index (κ1) is 25.1. The highest BCUT2D eigenvalue weighted by Gasteiger charge is 2.14. The van der Waals surface area contributed by atoms with Gasteiger partial charge >= 0.3 is 0 Å². The zero-order valence-corrected chi connectivity index (χ0v) is 22.0. The van der Waals surface area contributed by atoms with Crippen molar-refractivity contribution in [3.05, 3.63) is 71.5 Å². The Hall–Kier alpha value is -4.53. The minimum absolute atomic E-state index is 0.119. The topological polar surface area (TPSA) is 110 Å². The summed E-state index contributed by atoms with van der Waals surface area (Å²) in [7, 11) is 0. The summed E-state index contributed by atoms with van der Waals surface area (Å²) in [5.74, 6) is 1.54. The molecular formula is C29H31N7O2. The Kier molecular flexibility index (Phi) is 6.91. The van der Waals surface area contributed by atoms with Gasteiger partial charge < -0.3 is 19.4 Å². The standard InChI is InChI=1S/C15H16N4O.C14H15N3O/c1-10(2)7-19-8-16-13-14(19)11-5-3-4-6-12(11)18-15(13)17-9-20;1-9(2)7-17-8-15-12-13(17)10-5-3-4-6-11(10)16-14(12)18/h3-6,8-10H,7H2,1-2H3,(H,17,18,20);3-6,8-9H,7H2,1-2H3,(H,16,18). The van der Waals surface area contributed by atoms with Gasteiger partial charge in [0, 0.05) is 23.9 Å². The number of anilines is 1. The molecule has 9 heteroatoms. The van der Waals surface area contributed by atoms with E-state index in [9.17, 15) is 9.59 Å². The van der Waals surface area contributed by atoms with Crippen LogP contribution in [-0.4, -0.2) is 35.5 Å². The fraction of sp³-hybridized carbons (Fsp3) is 0.276. The number of hydrogen-bond acceptors (Lipinski definition) is 5. The Morgan fingerprint density at radius 2 is 1.42 bits per heavy atom. The van der Waals surface area contributed by atoms with Gasteiger partial charge in [0.1, 0.15) is 5.52 Å². The number of benzene rings is 2. The van der Waals surface area contributed by atoms with Gasteiger partial charge in [0.2, 0.25) is 6.41 Å². The zero-order chi connectivity index (χ0) is 26.8. The smallest absolute Gasteiger partial charge is 0.276 e. The zero-order valence-electron chi connectivity index (χ0n) is 22.0. The number of rotatable bonds is 6. The Bertz CT molecular complexity index is 1810. The lowest BCUT2D eigenvalue weighted by Crippen LogP contribution is -2.08. The summed E-state index contributed by atoms with van der Waals surface area (Å²) in [5, 5.41) is 4.74. The first-order valence-corrected chi connectivity index (χ1v) is 12.8. The Labute approximate surface area is 219 Å². The van der Waals surface area contributed by atoms with Crippen molar-refractivity contribution in [1.82, 2.24) is 29.1 Å². The highest BCUT2D eigenvalue weighted by molar-refractivity contribution is 6.08. The van der Waals surface area contributed by atoms with Gasteiger partial charge in [-0.3, -0.25) is 9.59 Å². The maximum atomic E-state index is 12.0. The largest absolute Gasteiger partial charge is 0.330 e. The number of imidazole rings is 2. The monoisotopic (exact) mass is 509 g/mol. The Balaban J connectivity index is 0.000000156. The van der Waals surface area contributed by atoms with Crippen LogP contribution >= 0.6 is 0 Å². The van der Waals surface area contributed by atoms with Gasteiger partial charge in [0.05, 0.1) is 34.7 Å². The summed E-state index contributed by atoms with van der Waals surface area (Å²) >= 11 is 0. The molecule has 0 atom stereocenters. The third-order valence-electron chi connectivity index (χ3n) is 6.26. The molecule has 9 nitrogen and oxygen atoms in total. The highest BCUT2D eigenvalue weighted by Crippen LogP contribution is 2.28. The minimum atomic E-state index is -0.119. The number of amides is 1. The van der Waals surface area contributed by atoms with Crippen LogP contribution in [0.1, 0.15) is 27.7 Å². The molecule has 0 radical (unpaired) electrons. The van der Waals surface area contributed by atoms with E-state index in [0.29, 0.717) is 29.6 Å². The average molecular weight is 510 g/mol. The van der Waals surface area contributed by atoms with Crippen molar-refractivity contribution in [2.45, 2.75) is 40.8 Å². The molecule has 4 heterocycles. The molecule has 0 unspecified atom stereocenters. The predicted molar refractivity (Wildman–Crippen MR) is 152 cm³/mol. The van der Waals surface area contributed by atoms with Crippen LogP contribution in [-0.2, 0) is 17.9 Å². The molecule has 38 heavy (non-hydrogen) atoms. The van der Waals surface area contributed by atoms with E-state index in [1.807, 2.05) is 54.9 Å². The van der Waals surface area contributed by atoms with Gasteiger partial charge in [-0.15, -0.1) is 0 Å². The van der Waals surface area contributed by atoms with Crippen LogP contribution in [0.15, 0.2) is 66.0 Å². The molecule has 6 aromatic rings. The molecule has 0 aliphatic rings. The van der Waals surface area contributed by atoms with E-state index < -0.39 is 0 Å². The lowest BCUT2D eigenvalue weighted by molar-refractivity contribution is -0.105. The second-order valence-electron chi connectivity index (χ2n) is 10.2. The van der Waals surface area contributed by atoms with Crippen molar-refractivity contribution in [2.24, 2.45) is 11.8 Å². The number of nitrogens with one attached hydrogen (secondary N) is 2. The van der Waals surface area contributed by atoms with Crippen molar-refractivity contribution < 1.29 is 4.79 Å². The van der Waals surface area contributed by atoms with Gasteiger partial charge in [-0.05, 0) is 24.0 Å². The van der Waals surface area contributed by atoms with E-state index in [1.165, 1.54) is 0 Å². The summed E-state index contributed by atoms with van der Waals surface area (Å²) in [5.41, 5.74) is 4.81. The van der Waals surface area contributed by atoms with Crippen LogP contribution in [0.5, 0.6) is 0 Å². The molecule has 4 aromatic heterocycles. The third-order valence-corrected chi connectivity index (χ3v) is 6.26. The molecule has 0 aliphatic carbocycles. The van der Waals surface area contributed by atoms with Crippen LogP contribution < -0.4 is 10.9 Å². The molecule has 0 bridgehead atoms. The number of aromatic amines is 1. The fourth-order valence-corrected chi connectivity index (χ4v) is 4.81. The average Bonchev–Trinajstić information content (AvgIpc) is 3.50. The fourth-order valence-electron chi connectivity index (χ4n) is 4.81. The van der Waals surface area contributed by atoms with Crippen molar-refractivity contribution in [2.75, 3.05) is 5.32 Å². The van der Waals surface area contributed by atoms with Crippen LogP contribution in [0.25, 0.3) is 43.9 Å². The van der Waals surface area contributed by atoms with Crippen molar-refractivity contribution in [1.29, 1.82) is 0 Å². The van der Waals surface area contributed by atoms with Crippen molar-refractivity contribution >= 4 is 56.1 Å². The first-order valence-electron chi connectivity index (χ1n) is 12.8. The van der Waals surface area contributed by atoms with E-state index in [-0.39, 0.29) is 5.56 Å². The number of hydrogen-bond donors (Lipinski definition) is 2. The molecule has 2 aromatic carbocycles. The van der Waals surface area contributed by atoms with Crippen molar-refractivity contribution in [3.8, 4) is 0 Å². The Morgan fingerprint density at radius 1 is 0.842 bits per heavy atom. The second kappa shape index (κ2) is 10.5. The van der Waals surface area contributed by atoms with Crippen LogP contribution in [0.4, 0.5) is 5.82 Å². The lowest BCUT2D eigenvalue weighted by Gasteiger charge is -2.10. The first-order chi connectivity index (χ1) is 18.4. The van der Waals surface area contributed by atoms with Gasteiger partial charge in [-0.2, -0.15) is 0 Å². The number of para-hydroxylation sites is 2. The number of fused-ring (bicyclic) bond motifs is 6. The number of pyridine rings is 2. The molecule has 0 aliphatic heterocycles. The Morgan fingerprint density at radius 3 is 2.08 bits per heavy atom. The summed E-state index contributed by atoms with van der Waals surface area (Å²) < 4.78 is 4.19. The number of H-pyrrole nitrogens is 1. The summed E-state index contributed by atoms with van der Waals surface area (Å²) in [6, 6.07) is 15.7. The number of nitrogens with zero attached hydrogens (tertiary/aromatic N) is 5. The maximum absolute atomic E-state index is 12.0. The SMILES string of the molecule is CC(C)Cn1cnc2c(=O)[nH]c3ccccc3c21.CC(C)Cn1cnc2c(NC=O)nc3ccccc3c21. The summed E-state index contributed by atoms with van der Waals surface area (Å²) in [6.07, 6.45) is 4.21. The van der Waals surface area contributed by atoms with E-state index in [1.54, 1.807) is 6.33 Å². The summed E-state index contributed by atoms with van der Waals surface area (Å²) in [6.45, 7) is 10.4. The van der Waals surface area contributed by atoms with Gasteiger partial charge in [0.15, 0.2) is 11.3 Å². The van der Waals surface area contributed by atoms with Crippen molar-refractivity contribution in [3.63, 3.8) is 0 Å². The number of carbonyl (C=O) groups excluding carboxylic acids is 1. The van der Waals surface area contributed by atoms with Gasteiger partial charge in [0.25, 0.3) is 5.56 Å². The molecule has 2 N–H and O–H groups in total. The minimum Gasteiger partial charge on any atom is -0.330 e. The molecule has 1 amide bonds. The predicted octanol–water partition coefficient (Wildman–Crippen LogP) is 5.34. The lowest BCUT2D eigenvalue weighted by atomic mass is 10.1. The van der Waals surface area contributed by atoms with Gasteiger partial charge in [-0.1, -0.05) is 64.1 Å². The van der Waals surface area contributed by atoms with Gasteiger partial charge in [-0.25, -0.2) is 15.0 Å². The van der Waals surface area contributed by atoms with E-state index in [0.717, 1.165) is 51.4 Å². The molecule has 0 fully saturated rings. The molecule has 0 spiro atoms. The quantitative estimate of drug-likeness (QED) is 0.294. The van der Waals surface area contributed by atoms with E-state index in [4.69, 9.17) is 0 Å². The molecule has 6 rings (SSSR count). The normalized spacial score (nSPS) is 11.5. The highest BCUT2D eigenvalue weighted by atomic mass is 16.1. The van der Waals surface area contributed by atoms with Crippen LogP contribution in [0, 0.1) is 11.8 Å². The van der Waals surface area contributed by atoms with Crippen LogP contribution in [0.3, 0.4) is 0 Å². The summed E-state index contributed by atoms with van der Waals surface area (Å²) in [4.78, 5) is 38.7. The molecule has 0 saturated carbocycles. The molecule has 0 saturated heterocycles. The second-order valence-corrected chi connectivity index (χ2v) is 10.2. The van der Waals surface area contributed by atoms with E-state index >= 15 is 0 Å². The number of carbonyl (C=O) groups is 1. The number of aromatic nitrogens is 6.